The summed E-state index contributed by atoms with van der Waals surface area (Å²) in [6, 6.07) is 9.87. The highest BCUT2D eigenvalue weighted by Gasteiger charge is 2.40. The van der Waals surface area contributed by atoms with E-state index < -0.39 is 5.79 Å². The SMILES string of the molecule is COC(OC)(c1ccccc1)C(CCS)O[SiH3]. The molecule has 0 aliphatic carbocycles. The highest BCUT2D eigenvalue weighted by Crippen LogP contribution is 2.33. The Labute approximate surface area is 111 Å². The van der Waals surface area contributed by atoms with E-state index >= 15 is 0 Å². The lowest BCUT2D eigenvalue weighted by Crippen LogP contribution is -2.44. The molecule has 1 rings (SSSR count). The van der Waals surface area contributed by atoms with Crippen LogP contribution in [0.5, 0.6) is 0 Å². The summed E-state index contributed by atoms with van der Waals surface area (Å²) in [6.07, 6.45) is 0.646. The normalized spacial score (nSPS) is 13.8. The number of methoxy groups -OCH3 is 2. The number of ether oxygens (including phenoxy) is 2. The van der Waals surface area contributed by atoms with Crippen molar-refractivity contribution in [1.82, 2.24) is 0 Å². The fourth-order valence-electron chi connectivity index (χ4n) is 2.02. The Morgan fingerprint density at radius 1 is 1.24 bits per heavy atom. The monoisotopic (exact) mass is 272 g/mol. The van der Waals surface area contributed by atoms with Crippen LogP contribution in [-0.2, 0) is 19.7 Å². The maximum absolute atomic E-state index is 5.63. The molecule has 1 aromatic rings. The second-order valence-corrected chi connectivity index (χ2v) is 4.60. The van der Waals surface area contributed by atoms with E-state index in [9.17, 15) is 0 Å². The van der Waals surface area contributed by atoms with Crippen LogP contribution in [0.1, 0.15) is 12.0 Å². The molecule has 0 amide bonds. The molecule has 1 unspecified atom stereocenters. The molecule has 5 heteroatoms. The summed E-state index contributed by atoms with van der Waals surface area (Å²) in [6.45, 7) is 0. The van der Waals surface area contributed by atoms with Gasteiger partial charge < -0.3 is 13.9 Å². The second-order valence-electron chi connectivity index (χ2n) is 3.68. The van der Waals surface area contributed by atoms with Crippen LogP contribution >= 0.6 is 12.6 Å². The molecule has 0 spiro atoms. The van der Waals surface area contributed by atoms with Gasteiger partial charge in [-0.25, -0.2) is 0 Å². The van der Waals surface area contributed by atoms with Gasteiger partial charge in [0.05, 0.1) is 0 Å². The Bertz CT molecular complexity index is 317. The van der Waals surface area contributed by atoms with Crippen molar-refractivity contribution in [3.63, 3.8) is 0 Å². The fourth-order valence-corrected chi connectivity index (χ4v) is 2.80. The molecule has 96 valence electrons. The Morgan fingerprint density at radius 2 is 1.82 bits per heavy atom. The number of hydrogen-bond donors (Lipinski definition) is 1. The van der Waals surface area contributed by atoms with Crippen molar-refractivity contribution in [3.05, 3.63) is 35.9 Å². The Kier molecular flexibility index (Phi) is 6.22. The minimum absolute atomic E-state index is 0.135. The summed E-state index contributed by atoms with van der Waals surface area (Å²) in [7, 11) is 3.92. The van der Waals surface area contributed by atoms with E-state index in [1.165, 1.54) is 0 Å². The molecule has 0 radical (unpaired) electrons. The molecule has 0 saturated carbocycles. The van der Waals surface area contributed by atoms with Crippen molar-refractivity contribution in [2.75, 3.05) is 20.0 Å². The van der Waals surface area contributed by atoms with Crippen LogP contribution in [0, 0.1) is 0 Å². The van der Waals surface area contributed by atoms with Crippen LogP contribution < -0.4 is 0 Å². The summed E-state index contributed by atoms with van der Waals surface area (Å²) in [5.41, 5.74) is 0.965. The van der Waals surface area contributed by atoms with Gasteiger partial charge in [-0.05, 0) is 12.2 Å². The molecule has 0 aliphatic rings. The molecule has 17 heavy (non-hydrogen) atoms. The number of hydrogen-bond acceptors (Lipinski definition) is 4. The van der Waals surface area contributed by atoms with Gasteiger partial charge in [-0.3, -0.25) is 0 Å². The fraction of sp³-hybridized carbons (Fsp3) is 0.500. The largest absolute Gasteiger partial charge is 0.419 e. The van der Waals surface area contributed by atoms with E-state index in [4.69, 9.17) is 13.9 Å². The van der Waals surface area contributed by atoms with Crippen LogP contribution in [0.4, 0.5) is 0 Å². The molecule has 1 atom stereocenters. The third-order valence-electron chi connectivity index (χ3n) is 2.88. The molecule has 0 saturated heterocycles. The highest BCUT2D eigenvalue weighted by molar-refractivity contribution is 7.80. The molecular formula is C12H20O3SSi. The minimum Gasteiger partial charge on any atom is -0.419 e. The molecule has 0 N–H and O–H groups in total. The highest BCUT2D eigenvalue weighted by atomic mass is 32.1. The third kappa shape index (κ3) is 3.11. The molecular weight excluding hydrogens is 252 g/mol. The van der Waals surface area contributed by atoms with Gasteiger partial charge in [0.1, 0.15) is 16.6 Å². The van der Waals surface area contributed by atoms with Crippen LogP contribution in [0.25, 0.3) is 0 Å². The maximum atomic E-state index is 5.63. The predicted molar refractivity (Wildman–Crippen MR) is 75.4 cm³/mol. The van der Waals surface area contributed by atoms with Crippen LogP contribution in [0.3, 0.4) is 0 Å². The maximum Gasteiger partial charge on any atom is 0.220 e. The van der Waals surface area contributed by atoms with E-state index in [1.54, 1.807) is 14.2 Å². The standard InChI is InChI=1S/C12H20O3SSi/c1-13-12(14-2,11(15-17)8-9-16)10-6-4-3-5-7-10/h3-7,11,16H,8-9H2,1-2,17H3. The molecule has 0 fully saturated rings. The van der Waals surface area contributed by atoms with Crippen LogP contribution in [-0.4, -0.2) is 36.6 Å². The van der Waals surface area contributed by atoms with Gasteiger partial charge in [-0.15, -0.1) is 0 Å². The first-order valence-corrected chi connectivity index (χ1v) is 6.99. The number of thiol groups is 1. The van der Waals surface area contributed by atoms with Crippen molar-refractivity contribution in [2.45, 2.75) is 18.3 Å². The number of benzene rings is 1. The van der Waals surface area contributed by atoms with Crippen molar-refractivity contribution in [2.24, 2.45) is 0 Å². The summed E-state index contributed by atoms with van der Waals surface area (Å²) in [5.74, 6) is -0.111. The van der Waals surface area contributed by atoms with Gasteiger partial charge in [0, 0.05) is 19.8 Å². The van der Waals surface area contributed by atoms with E-state index in [0.717, 1.165) is 17.7 Å². The summed E-state index contributed by atoms with van der Waals surface area (Å²) in [4.78, 5) is 0. The van der Waals surface area contributed by atoms with Crippen molar-refractivity contribution in [1.29, 1.82) is 0 Å². The molecule has 0 aromatic heterocycles. The van der Waals surface area contributed by atoms with Gasteiger partial charge in [0.2, 0.25) is 5.79 Å². The van der Waals surface area contributed by atoms with Gasteiger partial charge in [0.15, 0.2) is 0 Å². The molecule has 0 heterocycles. The van der Waals surface area contributed by atoms with Crippen molar-refractivity contribution < 1.29 is 13.9 Å². The Hall–Kier alpha value is -0.333. The first-order chi connectivity index (χ1) is 8.25. The lowest BCUT2D eigenvalue weighted by atomic mass is 9.98. The van der Waals surface area contributed by atoms with Crippen molar-refractivity contribution in [3.8, 4) is 0 Å². The third-order valence-corrected chi connectivity index (χ3v) is 3.71. The minimum atomic E-state index is -0.842. The zero-order chi connectivity index (χ0) is 12.7. The molecule has 0 aliphatic heterocycles. The van der Waals surface area contributed by atoms with E-state index in [1.807, 2.05) is 30.3 Å². The average molecular weight is 272 g/mol. The molecule has 3 nitrogen and oxygen atoms in total. The van der Waals surface area contributed by atoms with E-state index in [2.05, 4.69) is 12.6 Å². The zero-order valence-electron chi connectivity index (χ0n) is 10.6. The van der Waals surface area contributed by atoms with E-state index in [0.29, 0.717) is 10.5 Å². The average Bonchev–Trinajstić information content (AvgIpc) is 2.40. The lowest BCUT2D eigenvalue weighted by Gasteiger charge is -2.38. The summed E-state index contributed by atoms with van der Waals surface area (Å²) >= 11 is 4.26. The van der Waals surface area contributed by atoms with Crippen LogP contribution in [0.2, 0.25) is 0 Å². The molecule has 0 bridgehead atoms. The first kappa shape index (κ1) is 14.7. The summed E-state index contributed by atoms with van der Waals surface area (Å²) < 4.78 is 16.9. The lowest BCUT2D eigenvalue weighted by molar-refractivity contribution is -0.262. The van der Waals surface area contributed by atoms with Crippen molar-refractivity contribution >= 4 is 23.1 Å². The van der Waals surface area contributed by atoms with Gasteiger partial charge in [-0.1, -0.05) is 30.3 Å². The smallest absolute Gasteiger partial charge is 0.220 e. The first-order valence-electron chi connectivity index (χ1n) is 5.54. The quantitative estimate of drug-likeness (QED) is 0.458. The molecule has 1 aromatic carbocycles. The van der Waals surface area contributed by atoms with Gasteiger partial charge in [0.25, 0.3) is 0 Å². The Balaban J connectivity index is 3.11. The van der Waals surface area contributed by atoms with E-state index in [-0.39, 0.29) is 6.10 Å². The summed E-state index contributed by atoms with van der Waals surface area (Å²) in [5, 5.41) is 0. The van der Waals surface area contributed by atoms with Crippen LogP contribution in [0.15, 0.2) is 30.3 Å². The topological polar surface area (TPSA) is 27.7 Å². The van der Waals surface area contributed by atoms with Gasteiger partial charge >= 0.3 is 0 Å². The Morgan fingerprint density at radius 3 is 2.24 bits per heavy atom. The number of rotatable bonds is 7. The predicted octanol–water partition coefficient (Wildman–Crippen LogP) is 1.12. The zero-order valence-corrected chi connectivity index (χ0v) is 13.4. The second kappa shape index (κ2) is 7.18. The van der Waals surface area contributed by atoms with Gasteiger partial charge in [-0.2, -0.15) is 12.6 Å².